The normalized spacial score (nSPS) is 20.4. The number of quaternary nitrogens is 1. The molecule has 1 heterocycles. The number of hydroxylamine groups is 4. The van der Waals surface area contributed by atoms with Gasteiger partial charge in [0.2, 0.25) is 0 Å². The lowest BCUT2D eigenvalue weighted by molar-refractivity contribution is -1.04. The summed E-state index contributed by atoms with van der Waals surface area (Å²) in [5.41, 5.74) is 0. The van der Waals surface area contributed by atoms with Crippen molar-refractivity contribution in [2.24, 2.45) is 0 Å². The third kappa shape index (κ3) is 2.25. The van der Waals surface area contributed by atoms with E-state index in [2.05, 4.69) is 0 Å². The van der Waals surface area contributed by atoms with E-state index in [1.807, 2.05) is 30.3 Å². The lowest BCUT2D eigenvalue weighted by atomic mass is 10.2. The van der Waals surface area contributed by atoms with Crippen molar-refractivity contribution >= 4 is 0 Å². The topological polar surface area (TPSA) is 32.3 Å². The molecule has 3 heteroatoms. The highest BCUT2D eigenvalue weighted by Gasteiger charge is 2.23. The second-order valence-electron chi connectivity index (χ2n) is 3.73. The molecular formula is C11H15NO2. The summed E-state index contributed by atoms with van der Waals surface area (Å²) in [6, 6.07) is 9.33. The molecule has 0 amide bonds. The second kappa shape index (κ2) is 3.98. The van der Waals surface area contributed by atoms with Gasteiger partial charge in [0.15, 0.2) is 5.75 Å². The van der Waals surface area contributed by atoms with Gasteiger partial charge in [0.25, 0.3) is 0 Å². The molecule has 0 saturated carbocycles. The zero-order valence-corrected chi connectivity index (χ0v) is 8.19. The average Bonchev–Trinajstić information content (AvgIpc) is 2.19. The number of hydrogen-bond donors (Lipinski definition) is 0. The van der Waals surface area contributed by atoms with Gasteiger partial charge in [0.1, 0.15) is 13.1 Å². The Kier molecular flexibility index (Phi) is 2.70. The molecule has 0 spiro atoms. The first-order valence-corrected chi connectivity index (χ1v) is 5.11. The van der Waals surface area contributed by atoms with E-state index in [0.717, 1.165) is 19.3 Å². The molecule has 1 aliphatic heterocycles. The van der Waals surface area contributed by atoms with Gasteiger partial charge in [0.05, 0.1) is 0 Å². The van der Waals surface area contributed by atoms with E-state index in [0.29, 0.717) is 18.8 Å². The first kappa shape index (κ1) is 9.49. The number of nitrogens with zero attached hydrogens (tertiary/aromatic N) is 1. The summed E-state index contributed by atoms with van der Waals surface area (Å²) in [6.45, 7) is 1.16. The standard InChI is InChI=1S/C11H15NO2/c13-12(9-5-2-6-10-12)14-11-7-3-1-4-8-11/h1,3-4,7-8H,2,5-6,9-10H2. The number of hydrogen-bond acceptors (Lipinski definition) is 2. The molecule has 76 valence electrons. The summed E-state index contributed by atoms with van der Waals surface area (Å²) >= 11 is 0. The number of rotatable bonds is 2. The molecule has 1 saturated heterocycles. The van der Waals surface area contributed by atoms with Crippen LogP contribution in [0.25, 0.3) is 0 Å². The molecule has 0 aromatic heterocycles. The zero-order valence-electron chi connectivity index (χ0n) is 8.19. The van der Waals surface area contributed by atoms with Crippen LogP contribution in [-0.2, 0) is 0 Å². The Balaban J connectivity index is 2.02. The van der Waals surface area contributed by atoms with Gasteiger partial charge < -0.3 is 10.0 Å². The average molecular weight is 193 g/mol. The predicted molar refractivity (Wildman–Crippen MR) is 54.3 cm³/mol. The predicted octanol–water partition coefficient (Wildman–Crippen LogP) is 2.48. The maximum atomic E-state index is 12.0. The van der Waals surface area contributed by atoms with Crippen LogP contribution in [0.3, 0.4) is 0 Å². The van der Waals surface area contributed by atoms with Gasteiger partial charge in [-0.15, -0.1) is 0 Å². The number of benzene rings is 1. The van der Waals surface area contributed by atoms with E-state index >= 15 is 0 Å². The Labute approximate surface area is 84.0 Å². The van der Waals surface area contributed by atoms with Gasteiger partial charge in [-0.05, 0) is 18.6 Å². The molecule has 1 aromatic rings. The third-order valence-corrected chi connectivity index (χ3v) is 2.51. The van der Waals surface area contributed by atoms with Gasteiger partial charge in [-0.3, -0.25) is 0 Å². The van der Waals surface area contributed by atoms with Crippen LogP contribution in [0.4, 0.5) is 0 Å². The van der Waals surface area contributed by atoms with Gasteiger partial charge >= 0.3 is 0 Å². The Morgan fingerprint density at radius 1 is 1.00 bits per heavy atom. The molecule has 1 aromatic carbocycles. The van der Waals surface area contributed by atoms with Crippen molar-refractivity contribution in [1.82, 2.24) is 0 Å². The molecule has 1 fully saturated rings. The lowest BCUT2D eigenvalue weighted by Gasteiger charge is -2.41. The van der Waals surface area contributed by atoms with Crippen LogP contribution in [0.2, 0.25) is 0 Å². The van der Waals surface area contributed by atoms with E-state index in [1.165, 1.54) is 0 Å². The van der Waals surface area contributed by atoms with Crippen LogP contribution in [0.15, 0.2) is 30.3 Å². The first-order valence-electron chi connectivity index (χ1n) is 5.11. The van der Waals surface area contributed by atoms with Crippen LogP contribution in [0.5, 0.6) is 5.75 Å². The Hall–Kier alpha value is -1.06. The summed E-state index contributed by atoms with van der Waals surface area (Å²) < 4.78 is 0. The second-order valence-corrected chi connectivity index (χ2v) is 3.73. The van der Waals surface area contributed by atoms with Gasteiger partial charge in [-0.1, -0.05) is 18.2 Å². The minimum absolute atomic E-state index is 0.510. The van der Waals surface area contributed by atoms with Crippen molar-refractivity contribution < 1.29 is 9.65 Å². The molecule has 0 unspecified atom stereocenters. The van der Waals surface area contributed by atoms with E-state index < -0.39 is 4.81 Å². The van der Waals surface area contributed by atoms with Gasteiger partial charge in [-0.2, -0.15) is 4.81 Å². The van der Waals surface area contributed by atoms with Crippen molar-refractivity contribution in [3.05, 3.63) is 35.5 Å². The van der Waals surface area contributed by atoms with E-state index in [9.17, 15) is 5.21 Å². The maximum Gasteiger partial charge on any atom is 0.190 e. The first-order chi connectivity index (χ1) is 6.79. The highest BCUT2D eigenvalue weighted by atomic mass is 16.9. The zero-order chi connectivity index (χ0) is 9.86. The molecule has 0 radical (unpaired) electrons. The molecule has 2 rings (SSSR count). The smallest absolute Gasteiger partial charge is 0.190 e. The Bertz CT molecular complexity index is 281. The van der Waals surface area contributed by atoms with E-state index in [1.54, 1.807) is 0 Å². The summed E-state index contributed by atoms with van der Waals surface area (Å²) in [6.07, 6.45) is 3.09. The molecular weight excluding hydrogens is 178 g/mol. The SMILES string of the molecule is [O-][N+]1(Oc2ccccc2)CCCCC1. The monoisotopic (exact) mass is 193 g/mol. The fraction of sp³-hybridized carbons (Fsp3) is 0.455. The lowest BCUT2D eigenvalue weighted by Crippen LogP contribution is -2.48. The minimum atomic E-state index is -0.510. The molecule has 0 aliphatic carbocycles. The van der Waals surface area contributed by atoms with Crippen LogP contribution < -0.4 is 4.84 Å². The number of piperidine rings is 1. The van der Waals surface area contributed by atoms with Gasteiger partial charge in [0, 0.05) is 12.8 Å². The van der Waals surface area contributed by atoms with Gasteiger partial charge in [-0.25, -0.2) is 0 Å². The largest absolute Gasteiger partial charge is 0.589 e. The summed E-state index contributed by atoms with van der Waals surface area (Å²) in [5.74, 6) is 0.671. The Morgan fingerprint density at radius 3 is 2.29 bits per heavy atom. The fourth-order valence-corrected chi connectivity index (χ4v) is 1.76. The molecule has 0 bridgehead atoms. The van der Waals surface area contributed by atoms with Crippen LogP contribution in [0.1, 0.15) is 19.3 Å². The third-order valence-electron chi connectivity index (χ3n) is 2.51. The van der Waals surface area contributed by atoms with Crippen molar-refractivity contribution in [2.75, 3.05) is 13.1 Å². The highest BCUT2D eigenvalue weighted by molar-refractivity contribution is 5.20. The maximum absolute atomic E-state index is 12.0. The summed E-state index contributed by atoms with van der Waals surface area (Å²) in [4.78, 5) is 4.91. The summed E-state index contributed by atoms with van der Waals surface area (Å²) in [5, 5.41) is 12.0. The molecule has 1 aliphatic rings. The minimum Gasteiger partial charge on any atom is -0.589 e. The molecule has 3 nitrogen and oxygen atoms in total. The van der Waals surface area contributed by atoms with Crippen LogP contribution >= 0.6 is 0 Å². The molecule has 0 N–H and O–H groups in total. The quantitative estimate of drug-likeness (QED) is 0.534. The molecule has 0 atom stereocenters. The fourth-order valence-electron chi connectivity index (χ4n) is 1.76. The summed E-state index contributed by atoms with van der Waals surface area (Å²) in [7, 11) is 0. The molecule has 14 heavy (non-hydrogen) atoms. The van der Waals surface area contributed by atoms with E-state index in [4.69, 9.17) is 4.84 Å². The van der Waals surface area contributed by atoms with Crippen molar-refractivity contribution in [2.45, 2.75) is 19.3 Å². The van der Waals surface area contributed by atoms with Crippen molar-refractivity contribution in [1.29, 1.82) is 0 Å². The number of para-hydroxylation sites is 1. The Morgan fingerprint density at radius 2 is 1.64 bits per heavy atom. The van der Waals surface area contributed by atoms with Crippen molar-refractivity contribution in [3.8, 4) is 5.75 Å². The highest BCUT2D eigenvalue weighted by Crippen LogP contribution is 2.21. The van der Waals surface area contributed by atoms with Crippen molar-refractivity contribution in [3.63, 3.8) is 0 Å². The van der Waals surface area contributed by atoms with Crippen LogP contribution in [-0.4, -0.2) is 17.9 Å². The van der Waals surface area contributed by atoms with E-state index in [-0.39, 0.29) is 0 Å². The van der Waals surface area contributed by atoms with Crippen LogP contribution in [0, 0.1) is 5.21 Å².